The molecule has 1 aromatic heterocycles. The van der Waals surface area contributed by atoms with Crippen molar-refractivity contribution in [1.29, 1.82) is 0 Å². The number of non-ortho nitro benzene ring substituents is 1. The summed E-state index contributed by atoms with van der Waals surface area (Å²) < 4.78 is 5.35. The van der Waals surface area contributed by atoms with Gasteiger partial charge in [0.1, 0.15) is 0 Å². The molecule has 1 aliphatic heterocycles. The van der Waals surface area contributed by atoms with Crippen LogP contribution in [-0.4, -0.2) is 21.7 Å². The predicted octanol–water partition coefficient (Wildman–Crippen LogP) is 4.72. The molecular formula is C26H13N3O6. The topological polar surface area (TPSA) is 124 Å². The molecule has 5 aromatic rings. The van der Waals surface area contributed by atoms with E-state index in [1.54, 1.807) is 60.7 Å². The number of para-hydroxylation sites is 1. The fourth-order valence-electron chi connectivity index (χ4n) is 4.37. The minimum atomic E-state index is -0.586. The van der Waals surface area contributed by atoms with Gasteiger partial charge in [-0.3, -0.25) is 19.7 Å². The normalized spacial score (nSPS) is 13.0. The molecule has 4 aromatic carbocycles. The number of fused-ring (bicyclic) bond motifs is 1. The summed E-state index contributed by atoms with van der Waals surface area (Å²) in [6, 6.07) is 20.4. The number of nitrogens with zero attached hydrogens (tertiary/aromatic N) is 3. The number of aromatic nitrogens is 1. The first kappa shape index (κ1) is 20.4. The highest BCUT2D eigenvalue weighted by Crippen LogP contribution is 2.37. The Labute approximate surface area is 196 Å². The number of benzene rings is 4. The van der Waals surface area contributed by atoms with Crippen LogP contribution in [0.4, 0.5) is 11.4 Å². The molecule has 0 unspecified atom stereocenters. The van der Waals surface area contributed by atoms with E-state index in [-0.39, 0.29) is 33.5 Å². The maximum atomic E-state index is 13.3. The summed E-state index contributed by atoms with van der Waals surface area (Å²) in [5, 5.41) is 12.3. The summed E-state index contributed by atoms with van der Waals surface area (Å²) in [7, 11) is 0. The van der Waals surface area contributed by atoms with E-state index in [0.717, 1.165) is 4.90 Å². The Morgan fingerprint density at radius 3 is 2.20 bits per heavy atom. The molecular weight excluding hydrogens is 450 g/mol. The fourth-order valence-corrected chi connectivity index (χ4v) is 4.37. The third-order valence-electron chi connectivity index (χ3n) is 5.99. The van der Waals surface area contributed by atoms with Gasteiger partial charge >= 0.3 is 5.63 Å². The number of hydrogen-bond donors (Lipinski definition) is 0. The van der Waals surface area contributed by atoms with E-state index in [1.807, 2.05) is 0 Å². The van der Waals surface area contributed by atoms with Crippen LogP contribution in [0.1, 0.15) is 20.7 Å². The van der Waals surface area contributed by atoms with Gasteiger partial charge < -0.3 is 4.42 Å². The lowest BCUT2D eigenvalue weighted by atomic mass is 9.92. The predicted molar refractivity (Wildman–Crippen MR) is 127 cm³/mol. The van der Waals surface area contributed by atoms with Gasteiger partial charge in [-0.1, -0.05) is 18.2 Å². The lowest BCUT2D eigenvalue weighted by molar-refractivity contribution is -0.383. The number of amides is 2. The number of imide groups is 1. The van der Waals surface area contributed by atoms with E-state index in [1.165, 1.54) is 18.2 Å². The number of nitro groups is 1. The molecule has 0 aliphatic carbocycles. The minimum Gasteiger partial charge on any atom is -0.403 e. The SMILES string of the molecule is O=C1c2cccc3c([N+](=O)[O-])ccc(c23)C(=O)N1c1ccc(-c2nc3ccccc3c(=O)o2)cc1. The Balaban J connectivity index is 1.43. The monoisotopic (exact) mass is 463 g/mol. The fraction of sp³-hybridized carbons (Fsp3) is 0. The lowest BCUT2D eigenvalue weighted by Crippen LogP contribution is -2.40. The van der Waals surface area contributed by atoms with Crippen LogP contribution in [0.15, 0.2) is 88.1 Å². The Morgan fingerprint density at radius 1 is 0.771 bits per heavy atom. The van der Waals surface area contributed by atoms with Gasteiger partial charge in [-0.25, -0.2) is 14.7 Å². The number of rotatable bonds is 3. The molecule has 0 radical (unpaired) electrons. The summed E-state index contributed by atoms with van der Waals surface area (Å²) in [4.78, 5) is 55.2. The zero-order chi connectivity index (χ0) is 24.3. The molecule has 2 heterocycles. The molecule has 1 aliphatic rings. The van der Waals surface area contributed by atoms with Crippen molar-refractivity contribution in [3.05, 3.63) is 111 Å². The summed E-state index contributed by atoms with van der Waals surface area (Å²) in [5.74, 6) is -1.06. The van der Waals surface area contributed by atoms with Gasteiger partial charge in [0.25, 0.3) is 17.5 Å². The van der Waals surface area contributed by atoms with Gasteiger partial charge in [-0.2, -0.15) is 0 Å². The molecule has 0 fully saturated rings. The van der Waals surface area contributed by atoms with Crippen LogP contribution >= 0.6 is 0 Å². The van der Waals surface area contributed by atoms with Crippen LogP contribution in [0.3, 0.4) is 0 Å². The Morgan fingerprint density at radius 2 is 1.46 bits per heavy atom. The molecule has 6 rings (SSSR count). The average molecular weight is 463 g/mol. The van der Waals surface area contributed by atoms with Crippen LogP contribution in [0, 0.1) is 10.1 Å². The number of carbonyl (C=O) groups is 2. The maximum Gasteiger partial charge on any atom is 0.347 e. The second-order valence-corrected chi connectivity index (χ2v) is 7.93. The quantitative estimate of drug-likeness (QED) is 0.215. The molecule has 0 spiro atoms. The number of anilines is 1. The molecule has 0 bridgehead atoms. The molecule has 0 atom stereocenters. The van der Waals surface area contributed by atoms with Crippen molar-refractivity contribution in [2.75, 3.05) is 4.90 Å². The molecule has 0 N–H and O–H groups in total. The van der Waals surface area contributed by atoms with E-state index in [2.05, 4.69) is 4.98 Å². The Bertz CT molecular complexity index is 1770. The average Bonchev–Trinajstić information content (AvgIpc) is 2.87. The number of nitro benzene ring substituents is 1. The third kappa shape index (κ3) is 3.02. The van der Waals surface area contributed by atoms with Crippen LogP contribution in [0.2, 0.25) is 0 Å². The number of carbonyl (C=O) groups excluding carboxylic acids is 2. The van der Waals surface area contributed by atoms with Crippen molar-refractivity contribution in [3.8, 4) is 11.5 Å². The zero-order valence-corrected chi connectivity index (χ0v) is 17.8. The molecule has 9 heteroatoms. The van der Waals surface area contributed by atoms with Gasteiger partial charge in [-0.15, -0.1) is 0 Å². The van der Waals surface area contributed by atoms with Gasteiger partial charge in [0.05, 0.1) is 26.9 Å². The van der Waals surface area contributed by atoms with E-state index < -0.39 is 22.4 Å². The van der Waals surface area contributed by atoms with E-state index in [9.17, 15) is 24.5 Å². The van der Waals surface area contributed by atoms with E-state index in [4.69, 9.17) is 4.42 Å². The highest BCUT2D eigenvalue weighted by atomic mass is 16.6. The van der Waals surface area contributed by atoms with Crippen LogP contribution < -0.4 is 10.5 Å². The van der Waals surface area contributed by atoms with Crippen LogP contribution in [0.25, 0.3) is 33.1 Å². The molecule has 168 valence electrons. The summed E-state index contributed by atoms with van der Waals surface area (Å²) in [6.45, 7) is 0. The van der Waals surface area contributed by atoms with Gasteiger partial charge in [0.15, 0.2) is 0 Å². The smallest absolute Gasteiger partial charge is 0.347 e. The van der Waals surface area contributed by atoms with Crippen molar-refractivity contribution in [2.24, 2.45) is 0 Å². The lowest BCUT2D eigenvalue weighted by Gasteiger charge is -2.27. The molecule has 0 saturated heterocycles. The van der Waals surface area contributed by atoms with Crippen molar-refractivity contribution < 1.29 is 18.9 Å². The largest absolute Gasteiger partial charge is 0.403 e. The summed E-state index contributed by atoms with van der Waals surface area (Å²) in [5.41, 5.74) is 0.991. The summed E-state index contributed by atoms with van der Waals surface area (Å²) in [6.07, 6.45) is 0. The van der Waals surface area contributed by atoms with Gasteiger partial charge in [-0.05, 0) is 54.6 Å². The zero-order valence-electron chi connectivity index (χ0n) is 17.8. The minimum absolute atomic E-state index is 0.110. The third-order valence-corrected chi connectivity index (χ3v) is 5.99. The van der Waals surface area contributed by atoms with Crippen molar-refractivity contribution >= 4 is 44.9 Å². The maximum absolute atomic E-state index is 13.3. The highest BCUT2D eigenvalue weighted by molar-refractivity contribution is 6.36. The number of hydrogen-bond acceptors (Lipinski definition) is 7. The first-order valence-corrected chi connectivity index (χ1v) is 10.5. The standard InChI is InChI=1S/C26H13N3O6/c30-24-18-6-3-5-17-21(29(33)34)13-12-19(22(17)18)25(31)28(24)15-10-8-14(9-11-15)23-27-20-7-2-1-4-16(20)26(32)35-23/h1-13H. The highest BCUT2D eigenvalue weighted by Gasteiger charge is 2.35. The van der Waals surface area contributed by atoms with Gasteiger partial charge in [0.2, 0.25) is 5.89 Å². The van der Waals surface area contributed by atoms with Crippen molar-refractivity contribution in [2.45, 2.75) is 0 Å². The molecule has 0 saturated carbocycles. The van der Waals surface area contributed by atoms with Crippen molar-refractivity contribution in [3.63, 3.8) is 0 Å². The second-order valence-electron chi connectivity index (χ2n) is 7.93. The van der Waals surface area contributed by atoms with Crippen molar-refractivity contribution in [1.82, 2.24) is 4.98 Å². The molecule has 35 heavy (non-hydrogen) atoms. The molecule has 2 amide bonds. The Kier molecular flexibility index (Phi) is 4.33. The Hall–Kier alpha value is -5.18. The van der Waals surface area contributed by atoms with E-state index in [0.29, 0.717) is 22.2 Å². The van der Waals surface area contributed by atoms with Gasteiger partial charge in [0, 0.05) is 28.1 Å². The van der Waals surface area contributed by atoms with E-state index >= 15 is 0 Å². The second kappa shape index (κ2) is 7.42. The summed E-state index contributed by atoms with van der Waals surface area (Å²) >= 11 is 0. The first-order valence-electron chi connectivity index (χ1n) is 10.5. The van der Waals surface area contributed by atoms with Crippen LogP contribution in [0.5, 0.6) is 0 Å². The van der Waals surface area contributed by atoms with Crippen LogP contribution in [-0.2, 0) is 0 Å². The first-order chi connectivity index (χ1) is 16.9. The molecule has 9 nitrogen and oxygen atoms in total.